The van der Waals surface area contributed by atoms with E-state index in [0.29, 0.717) is 38.4 Å². The summed E-state index contributed by atoms with van der Waals surface area (Å²) in [6.45, 7) is 6.09. The Bertz CT molecular complexity index is 793. The summed E-state index contributed by atoms with van der Waals surface area (Å²) in [6, 6.07) is 4.89. The lowest BCUT2D eigenvalue weighted by molar-refractivity contribution is -0.137. The molecule has 2 aliphatic heterocycles. The van der Waals surface area contributed by atoms with Crippen LogP contribution in [0, 0.1) is 6.92 Å². The van der Waals surface area contributed by atoms with Crippen molar-refractivity contribution in [3.63, 3.8) is 0 Å². The maximum absolute atomic E-state index is 13.0. The molecule has 4 heterocycles. The molecule has 1 atom stereocenters. The van der Waals surface area contributed by atoms with Gasteiger partial charge in [-0.05, 0) is 31.9 Å². The minimum atomic E-state index is -0.383. The quantitative estimate of drug-likeness (QED) is 0.809. The van der Waals surface area contributed by atoms with Crippen LogP contribution in [-0.2, 0) is 11.3 Å². The molecule has 2 fully saturated rings. The second-order valence-electron chi connectivity index (χ2n) is 7.17. The number of rotatable bonds is 4. The highest BCUT2D eigenvalue weighted by molar-refractivity contribution is 5.96. The van der Waals surface area contributed by atoms with E-state index in [1.807, 2.05) is 17.9 Å². The average Bonchev–Trinajstić information content (AvgIpc) is 3.43. The van der Waals surface area contributed by atoms with E-state index in [0.717, 1.165) is 31.0 Å². The van der Waals surface area contributed by atoms with Crippen molar-refractivity contribution in [2.75, 3.05) is 32.7 Å². The van der Waals surface area contributed by atoms with Gasteiger partial charge in [0.2, 0.25) is 5.91 Å². The lowest BCUT2D eigenvalue weighted by atomic mass is 10.1. The van der Waals surface area contributed by atoms with E-state index in [4.69, 9.17) is 8.94 Å². The highest BCUT2D eigenvalue weighted by Gasteiger charge is 2.38. The molecular formula is C19H24N4O4. The summed E-state index contributed by atoms with van der Waals surface area (Å²) in [7, 11) is 0. The third kappa shape index (κ3) is 3.75. The molecule has 0 radical (unpaired) electrons. The Morgan fingerprint density at radius 3 is 2.70 bits per heavy atom. The van der Waals surface area contributed by atoms with Crippen LogP contribution in [0.15, 0.2) is 33.4 Å². The number of hydrogen-bond donors (Lipinski definition) is 0. The van der Waals surface area contributed by atoms with Gasteiger partial charge < -0.3 is 18.7 Å². The van der Waals surface area contributed by atoms with Crippen LogP contribution < -0.4 is 0 Å². The molecule has 2 aliphatic rings. The smallest absolute Gasteiger partial charge is 0.290 e. The summed E-state index contributed by atoms with van der Waals surface area (Å²) in [5.74, 6) is 0.984. The highest BCUT2D eigenvalue weighted by Crippen LogP contribution is 2.23. The monoisotopic (exact) mass is 372 g/mol. The van der Waals surface area contributed by atoms with Crippen LogP contribution in [0.3, 0.4) is 0 Å². The van der Waals surface area contributed by atoms with Gasteiger partial charge in [0.25, 0.3) is 5.91 Å². The summed E-state index contributed by atoms with van der Waals surface area (Å²) in [4.78, 5) is 31.4. The molecule has 8 nitrogen and oxygen atoms in total. The summed E-state index contributed by atoms with van der Waals surface area (Å²) in [5, 5.41) is 3.91. The van der Waals surface area contributed by atoms with Gasteiger partial charge in [0.05, 0.1) is 18.5 Å². The van der Waals surface area contributed by atoms with E-state index < -0.39 is 0 Å². The van der Waals surface area contributed by atoms with E-state index >= 15 is 0 Å². The molecule has 2 aromatic rings. The number of carbonyl (C=O) groups excluding carboxylic acids is 2. The van der Waals surface area contributed by atoms with Crippen LogP contribution in [0.5, 0.6) is 0 Å². The van der Waals surface area contributed by atoms with E-state index in [-0.39, 0.29) is 17.9 Å². The number of aromatic nitrogens is 1. The van der Waals surface area contributed by atoms with E-state index in [1.54, 1.807) is 17.0 Å². The summed E-state index contributed by atoms with van der Waals surface area (Å²) in [6.07, 6.45) is 3.03. The number of hydrogen-bond acceptors (Lipinski definition) is 6. The first-order valence-corrected chi connectivity index (χ1v) is 9.39. The molecule has 0 bridgehead atoms. The van der Waals surface area contributed by atoms with Gasteiger partial charge in [0, 0.05) is 38.8 Å². The fourth-order valence-electron chi connectivity index (χ4n) is 3.86. The van der Waals surface area contributed by atoms with Crippen LogP contribution in [0.4, 0.5) is 0 Å². The zero-order valence-corrected chi connectivity index (χ0v) is 15.5. The first-order valence-electron chi connectivity index (χ1n) is 9.39. The molecule has 4 rings (SSSR count). The molecule has 0 N–H and O–H groups in total. The number of nitrogens with zero attached hydrogens (tertiary/aromatic N) is 4. The molecule has 8 heteroatoms. The molecule has 2 aromatic heterocycles. The number of likely N-dealkylation sites (tertiary alicyclic amines) is 1. The summed E-state index contributed by atoms with van der Waals surface area (Å²) in [5.41, 5.74) is 0.876. The van der Waals surface area contributed by atoms with Crippen molar-refractivity contribution in [2.24, 2.45) is 0 Å². The molecule has 0 spiro atoms. The van der Waals surface area contributed by atoms with Crippen molar-refractivity contribution < 1.29 is 18.5 Å². The molecule has 144 valence electrons. The van der Waals surface area contributed by atoms with Gasteiger partial charge in [-0.15, -0.1) is 0 Å². The fourth-order valence-corrected chi connectivity index (χ4v) is 3.86. The molecule has 27 heavy (non-hydrogen) atoms. The van der Waals surface area contributed by atoms with Crippen LogP contribution in [0.2, 0.25) is 0 Å². The number of aryl methyl sites for hydroxylation is 1. The van der Waals surface area contributed by atoms with E-state index in [9.17, 15) is 9.59 Å². The number of carbonyl (C=O) groups is 2. The molecule has 2 saturated heterocycles. The van der Waals surface area contributed by atoms with Crippen LogP contribution in [0.1, 0.15) is 34.9 Å². The fraction of sp³-hybridized carbons (Fsp3) is 0.526. The molecular weight excluding hydrogens is 348 g/mol. The van der Waals surface area contributed by atoms with Crippen molar-refractivity contribution in [1.82, 2.24) is 19.9 Å². The zero-order valence-electron chi connectivity index (χ0n) is 15.5. The van der Waals surface area contributed by atoms with Gasteiger partial charge >= 0.3 is 0 Å². The minimum absolute atomic E-state index is 0.0440. The molecule has 0 aromatic carbocycles. The number of piperazine rings is 1. The summed E-state index contributed by atoms with van der Waals surface area (Å²) < 4.78 is 10.5. The maximum atomic E-state index is 13.0. The first-order chi connectivity index (χ1) is 13.1. The summed E-state index contributed by atoms with van der Waals surface area (Å²) >= 11 is 0. The van der Waals surface area contributed by atoms with Gasteiger partial charge in [-0.2, -0.15) is 0 Å². The second kappa shape index (κ2) is 7.56. The standard InChI is InChI=1S/C19H24N4O4/c1-14-12-15(27-20-14)13-21-7-9-22(10-8-21)18(24)16-4-2-6-23(16)19(25)17-5-3-11-26-17/h3,5,11-12,16H,2,4,6-10,13H2,1H3. The first kappa shape index (κ1) is 17.8. The lowest BCUT2D eigenvalue weighted by Gasteiger charge is -2.36. The average molecular weight is 372 g/mol. The Kier molecular flexibility index (Phi) is 4.98. The van der Waals surface area contributed by atoms with Crippen molar-refractivity contribution in [1.29, 1.82) is 0 Å². The van der Waals surface area contributed by atoms with E-state index in [2.05, 4.69) is 10.1 Å². The second-order valence-corrected chi connectivity index (χ2v) is 7.17. The van der Waals surface area contributed by atoms with Crippen molar-refractivity contribution in [3.05, 3.63) is 41.7 Å². The van der Waals surface area contributed by atoms with Gasteiger partial charge in [0.1, 0.15) is 6.04 Å². The predicted molar refractivity (Wildman–Crippen MR) is 95.9 cm³/mol. The third-order valence-electron chi connectivity index (χ3n) is 5.27. The van der Waals surface area contributed by atoms with Gasteiger partial charge in [-0.25, -0.2) is 0 Å². The molecule has 0 aliphatic carbocycles. The van der Waals surface area contributed by atoms with Crippen molar-refractivity contribution >= 4 is 11.8 Å². The molecule has 1 unspecified atom stereocenters. The van der Waals surface area contributed by atoms with Gasteiger partial charge in [-0.3, -0.25) is 14.5 Å². The Morgan fingerprint density at radius 2 is 2.04 bits per heavy atom. The Labute approximate surface area is 157 Å². The minimum Gasteiger partial charge on any atom is -0.459 e. The van der Waals surface area contributed by atoms with E-state index in [1.165, 1.54) is 6.26 Å². The van der Waals surface area contributed by atoms with Crippen molar-refractivity contribution in [2.45, 2.75) is 32.4 Å². The third-order valence-corrected chi connectivity index (χ3v) is 5.27. The van der Waals surface area contributed by atoms with Crippen LogP contribution in [0.25, 0.3) is 0 Å². The molecule has 0 saturated carbocycles. The van der Waals surface area contributed by atoms with Gasteiger partial charge in [-0.1, -0.05) is 5.16 Å². The lowest BCUT2D eigenvalue weighted by Crippen LogP contribution is -2.54. The topological polar surface area (TPSA) is 83.0 Å². The largest absolute Gasteiger partial charge is 0.459 e. The van der Waals surface area contributed by atoms with Crippen LogP contribution in [-0.4, -0.2) is 70.4 Å². The predicted octanol–water partition coefficient (Wildman–Crippen LogP) is 1.53. The Morgan fingerprint density at radius 1 is 1.22 bits per heavy atom. The number of amides is 2. The highest BCUT2D eigenvalue weighted by atomic mass is 16.5. The zero-order chi connectivity index (χ0) is 18.8. The Hall–Kier alpha value is -2.61. The SMILES string of the molecule is Cc1cc(CN2CCN(C(=O)C3CCCN3C(=O)c3ccco3)CC2)on1. The van der Waals surface area contributed by atoms with Gasteiger partial charge in [0.15, 0.2) is 11.5 Å². The van der Waals surface area contributed by atoms with Crippen LogP contribution >= 0.6 is 0 Å². The van der Waals surface area contributed by atoms with Crippen molar-refractivity contribution in [3.8, 4) is 0 Å². The normalized spacial score (nSPS) is 21.0. The number of furan rings is 1. The maximum Gasteiger partial charge on any atom is 0.290 e. The molecule has 2 amide bonds. The Balaban J connectivity index is 1.34.